The van der Waals surface area contributed by atoms with Crippen molar-refractivity contribution in [1.82, 2.24) is 0 Å². The van der Waals surface area contributed by atoms with Crippen LogP contribution < -0.4 is 9.47 Å². The lowest BCUT2D eigenvalue weighted by Gasteiger charge is -2.10. The van der Waals surface area contributed by atoms with E-state index in [2.05, 4.69) is 44.7 Å². The molecule has 3 aromatic carbocycles. The van der Waals surface area contributed by atoms with E-state index < -0.39 is 0 Å². The predicted octanol–water partition coefficient (Wildman–Crippen LogP) is 8.29. The first-order valence-electron chi connectivity index (χ1n) is 12.3. The summed E-state index contributed by atoms with van der Waals surface area (Å²) in [5.41, 5.74) is 4.11. The van der Waals surface area contributed by atoms with Gasteiger partial charge < -0.3 is 9.47 Å². The molecule has 0 spiro atoms. The third kappa shape index (κ3) is 7.91. The Kier molecular flexibility index (Phi) is 9.97. The van der Waals surface area contributed by atoms with Crippen LogP contribution in [0.3, 0.4) is 0 Å². The molecule has 0 fully saturated rings. The summed E-state index contributed by atoms with van der Waals surface area (Å²) in [7, 11) is 0. The van der Waals surface area contributed by atoms with Crippen LogP contribution in [0.5, 0.6) is 11.5 Å². The lowest BCUT2D eigenvalue weighted by molar-refractivity contribution is 0.0734. The van der Waals surface area contributed by atoms with Gasteiger partial charge in [-0.05, 0) is 91.1 Å². The van der Waals surface area contributed by atoms with Crippen molar-refractivity contribution in [2.45, 2.75) is 52.4 Å². The first-order valence-corrected chi connectivity index (χ1v) is 12.3. The molecule has 178 valence electrons. The summed E-state index contributed by atoms with van der Waals surface area (Å²) >= 11 is 0. The van der Waals surface area contributed by atoms with E-state index in [1.807, 2.05) is 42.5 Å². The van der Waals surface area contributed by atoms with Gasteiger partial charge in [0.1, 0.15) is 11.5 Å². The molecule has 3 nitrogen and oxygen atoms in total. The maximum absolute atomic E-state index is 12.6. The molecule has 0 aliphatic carbocycles. The van der Waals surface area contributed by atoms with Gasteiger partial charge in [0.05, 0.1) is 12.2 Å². The fraction of sp³-hybridized carbons (Fsp3) is 0.323. The second-order valence-corrected chi connectivity index (χ2v) is 8.84. The number of carbonyl (C=O) groups excluding carboxylic acids is 1. The minimum Gasteiger partial charge on any atom is -0.494 e. The Labute approximate surface area is 204 Å². The molecular weight excluding hydrogens is 420 g/mol. The zero-order chi connectivity index (χ0) is 24.2. The van der Waals surface area contributed by atoms with Gasteiger partial charge in [0.25, 0.3) is 0 Å². The Morgan fingerprint density at radius 2 is 1.47 bits per heavy atom. The van der Waals surface area contributed by atoms with Crippen LogP contribution in [0.4, 0.5) is 0 Å². The lowest BCUT2D eigenvalue weighted by Crippen LogP contribution is -2.08. The highest BCUT2D eigenvalue weighted by molar-refractivity contribution is 5.91. The average molecular weight is 457 g/mol. The number of allylic oxidation sites excluding steroid dienone is 1. The molecule has 0 unspecified atom stereocenters. The molecule has 0 N–H and O–H groups in total. The average Bonchev–Trinajstić information content (AvgIpc) is 2.87. The van der Waals surface area contributed by atoms with Gasteiger partial charge in [0, 0.05) is 0 Å². The van der Waals surface area contributed by atoms with Crippen molar-refractivity contribution in [3.05, 3.63) is 96.6 Å². The first kappa shape index (κ1) is 25.3. The number of rotatable bonds is 13. The number of carbonyl (C=O) groups is 1. The maximum Gasteiger partial charge on any atom is 0.343 e. The van der Waals surface area contributed by atoms with Crippen molar-refractivity contribution in [3.63, 3.8) is 0 Å². The number of hydrogen-bond acceptors (Lipinski definition) is 3. The van der Waals surface area contributed by atoms with Crippen molar-refractivity contribution < 1.29 is 14.3 Å². The largest absolute Gasteiger partial charge is 0.494 e. The van der Waals surface area contributed by atoms with Crippen molar-refractivity contribution in [1.29, 1.82) is 0 Å². The fourth-order valence-corrected chi connectivity index (χ4v) is 3.71. The fourth-order valence-electron chi connectivity index (χ4n) is 3.71. The zero-order valence-corrected chi connectivity index (χ0v) is 20.5. The normalized spacial score (nSPS) is 11.6. The van der Waals surface area contributed by atoms with Crippen molar-refractivity contribution in [2.24, 2.45) is 5.92 Å². The molecule has 0 radical (unpaired) electrons. The summed E-state index contributed by atoms with van der Waals surface area (Å²) in [6.45, 7) is 8.92. The number of hydrogen-bond donors (Lipinski definition) is 0. The second kappa shape index (κ2) is 13.4. The Morgan fingerprint density at radius 3 is 2.09 bits per heavy atom. The van der Waals surface area contributed by atoms with Crippen LogP contribution in [-0.4, -0.2) is 12.6 Å². The van der Waals surface area contributed by atoms with Gasteiger partial charge in [-0.15, -0.1) is 6.58 Å². The number of benzene rings is 3. The molecule has 0 aliphatic rings. The van der Waals surface area contributed by atoms with Crippen molar-refractivity contribution in [2.75, 3.05) is 6.61 Å². The smallest absolute Gasteiger partial charge is 0.343 e. The number of unbranched alkanes of at least 4 members (excludes halogenated alkanes) is 3. The Morgan fingerprint density at radius 1 is 0.853 bits per heavy atom. The summed E-state index contributed by atoms with van der Waals surface area (Å²) in [4.78, 5) is 12.6. The van der Waals surface area contributed by atoms with Crippen molar-refractivity contribution >= 4 is 5.97 Å². The van der Waals surface area contributed by atoms with Gasteiger partial charge in [-0.1, -0.05) is 62.7 Å². The van der Waals surface area contributed by atoms with Gasteiger partial charge in [-0.3, -0.25) is 0 Å². The third-order valence-electron chi connectivity index (χ3n) is 6.04. The molecule has 3 rings (SSSR count). The first-order chi connectivity index (χ1) is 16.6. The Balaban J connectivity index is 1.50. The molecule has 0 heterocycles. The summed E-state index contributed by atoms with van der Waals surface area (Å²) < 4.78 is 11.3. The monoisotopic (exact) mass is 456 g/mol. The van der Waals surface area contributed by atoms with E-state index in [1.165, 1.54) is 12.0 Å². The summed E-state index contributed by atoms with van der Waals surface area (Å²) in [5, 5.41) is 0. The molecule has 0 aromatic heterocycles. The van der Waals surface area contributed by atoms with E-state index in [0.717, 1.165) is 49.0 Å². The molecule has 0 saturated heterocycles. The van der Waals surface area contributed by atoms with Crippen LogP contribution >= 0.6 is 0 Å². The van der Waals surface area contributed by atoms with Gasteiger partial charge in [0.2, 0.25) is 0 Å². The molecule has 3 aromatic rings. The van der Waals surface area contributed by atoms with Crippen LogP contribution in [0.15, 0.2) is 85.5 Å². The summed E-state index contributed by atoms with van der Waals surface area (Å²) in [5.74, 6) is 1.61. The van der Waals surface area contributed by atoms with E-state index in [4.69, 9.17) is 9.47 Å². The summed E-state index contributed by atoms with van der Waals surface area (Å²) in [6, 6.07) is 23.4. The highest BCUT2D eigenvalue weighted by Crippen LogP contribution is 2.23. The van der Waals surface area contributed by atoms with Gasteiger partial charge in [-0.25, -0.2) is 4.79 Å². The van der Waals surface area contributed by atoms with Gasteiger partial charge >= 0.3 is 5.97 Å². The highest BCUT2D eigenvalue weighted by atomic mass is 16.5. The van der Waals surface area contributed by atoms with E-state index in [9.17, 15) is 4.79 Å². The van der Waals surface area contributed by atoms with E-state index >= 15 is 0 Å². The van der Waals surface area contributed by atoms with E-state index in [1.54, 1.807) is 12.1 Å². The van der Waals surface area contributed by atoms with Crippen LogP contribution in [0.1, 0.15) is 61.9 Å². The third-order valence-corrected chi connectivity index (χ3v) is 6.04. The van der Waals surface area contributed by atoms with Crippen LogP contribution in [-0.2, 0) is 6.42 Å². The molecule has 3 heteroatoms. The van der Waals surface area contributed by atoms with Crippen molar-refractivity contribution in [3.8, 4) is 22.6 Å². The quantitative estimate of drug-likeness (QED) is 0.112. The molecule has 0 amide bonds. The minimum absolute atomic E-state index is 0.369. The predicted molar refractivity (Wildman–Crippen MR) is 141 cm³/mol. The van der Waals surface area contributed by atoms with Crippen LogP contribution in [0.2, 0.25) is 0 Å². The van der Waals surface area contributed by atoms with E-state index in [0.29, 0.717) is 23.8 Å². The topological polar surface area (TPSA) is 35.5 Å². The zero-order valence-electron chi connectivity index (χ0n) is 20.5. The number of esters is 1. The summed E-state index contributed by atoms with van der Waals surface area (Å²) in [6.07, 6.45) is 8.58. The standard InChI is InChI=1S/C31H36O3/c1-4-6-7-8-9-22-33-29-18-20-30(21-19-29)34-31(32)28-16-14-27(15-17-28)26-12-10-25(11-13-26)23-24(3)5-2/h4,10-21,24H,1,5-9,22-23H2,2-3H3/t24-/m0/s1. The molecule has 0 aliphatic heterocycles. The van der Waals surface area contributed by atoms with Crippen LogP contribution in [0, 0.1) is 5.92 Å². The van der Waals surface area contributed by atoms with E-state index in [-0.39, 0.29) is 5.97 Å². The Bertz CT molecular complexity index is 1020. The molecular formula is C31H36O3. The molecule has 34 heavy (non-hydrogen) atoms. The maximum atomic E-state index is 12.6. The minimum atomic E-state index is -0.369. The van der Waals surface area contributed by atoms with Gasteiger partial charge in [0.15, 0.2) is 0 Å². The molecule has 0 saturated carbocycles. The highest BCUT2D eigenvalue weighted by Gasteiger charge is 2.10. The Hall–Kier alpha value is -3.33. The SMILES string of the molecule is C=CCCCCCOc1ccc(OC(=O)c2ccc(-c3ccc(C[C@@H](C)CC)cc3)cc2)cc1. The van der Waals surface area contributed by atoms with Crippen LogP contribution in [0.25, 0.3) is 11.1 Å². The second-order valence-electron chi connectivity index (χ2n) is 8.84. The lowest BCUT2D eigenvalue weighted by atomic mass is 9.96. The molecule has 1 atom stereocenters. The van der Waals surface area contributed by atoms with Gasteiger partial charge in [-0.2, -0.15) is 0 Å². The number of ether oxygens (including phenoxy) is 2. The molecule has 0 bridgehead atoms.